The molecule has 1 saturated heterocycles. The molecule has 0 aromatic rings. The Morgan fingerprint density at radius 2 is 2.33 bits per heavy atom. The van der Waals surface area contributed by atoms with Crippen LogP contribution in [0.1, 0.15) is 29.8 Å². The molecule has 1 aliphatic carbocycles. The van der Waals surface area contributed by atoms with Gasteiger partial charge in [0.2, 0.25) is 0 Å². The van der Waals surface area contributed by atoms with Crippen LogP contribution in [0.2, 0.25) is 0 Å². The molecule has 1 unspecified atom stereocenters. The van der Waals surface area contributed by atoms with Gasteiger partial charge in [0.05, 0.1) is 4.11 Å². The molecule has 2 rings (SSSR count). The number of hydrogen-bond acceptors (Lipinski definition) is 3. The summed E-state index contributed by atoms with van der Waals surface area (Å²) in [5, 5.41) is 0. The summed E-state index contributed by atoms with van der Waals surface area (Å²) in [4.78, 5) is 11.0. The van der Waals surface area contributed by atoms with Crippen molar-refractivity contribution in [1.29, 1.82) is 0 Å². The van der Waals surface area contributed by atoms with Crippen molar-refractivity contribution in [3.63, 3.8) is 0 Å². The molecule has 0 spiro atoms. The summed E-state index contributed by atoms with van der Waals surface area (Å²) in [7, 11) is -4.93. The maximum Gasteiger partial charge on any atom is 0.439 e. The number of fused-ring (bicyclic) bond motifs is 1. The van der Waals surface area contributed by atoms with Crippen LogP contribution in [0.3, 0.4) is 0 Å². The van der Waals surface area contributed by atoms with Crippen molar-refractivity contribution in [2.24, 2.45) is 5.92 Å². The highest BCUT2D eigenvalue weighted by molar-refractivity contribution is 7.53. The molecule has 70 valence electrons. The topological polar surface area (TPSA) is 41.5 Å². The van der Waals surface area contributed by atoms with Crippen LogP contribution in [0, 0.1) is 5.92 Å². The van der Waals surface area contributed by atoms with Gasteiger partial charge in [-0.3, -0.25) is 0 Å². The molecule has 1 aliphatic heterocycles. The minimum atomic E-state index is -4.93. The zero-order valence-electron chi connectivity index (χ0n) is 9.46. The zero-order chi connectivity index (χ0) is 11.3. The Bertz CT molecular complexity index is 278. The molecule has 0 bridgehead atoms. The molecule has 0 aromatic heterocycles. The largest absolute Gasteiger partial charge is 0.601 e. The molecular formula is C7H12FO3P. The third kappa shape index (κ3) is 1.77. The summed E-state index contributed by atoms with van der Waals surface area (Å²) < 4.78 is 44.6. The van der Waals surface area contributed by atoms with Crippen molar-refractivity contribution >= 4 is 8.25 Å². The van der Waals surface area contributed by atoms with E-state index in [9.17, 15) is 9.09 Å². The van der Waals surface area contributed by atoms with Crippen LogP contribution in [0.25, 0.3) is 0 Å². The van der Waals surface area contributed by atoms with Gasteiger partial charge in [-0.25, -0.2) is 0 Å². The average Bonchev–Trinajstić information content (AvgIpc) is 1.97. The summed E-state index contributed by atoms with van der Waals surface area (Å²) in [5.41, 5.74) is 0. The van der Waals surface area contributed by atoms with E-state index in [0.29, 0.717) is 12.8 Å². The van der Waals surface area contributed by atoms with E-state index in [2.05, 4.69) is 9.05 Å². The second-order valence-corrected chi connectivity index (χ2v) is 4.22. The summed E-state index contributed by atoms with van der Waals surface area (Å²) in [6, 6.07) is 0. The number of halogens is 1. The lowest BCUT2D eigenvalue weighted by atomic mass is 9.87. The fourth-order valence-corrected chi connectivity index (χ4v) is 2.29. The van der Waals surface area contributed by atoms with Crippen LogP contribution in [-0.4, -0.2) is 12.6 Å². The van der Waals surface area contributed by atoms with Crippen molar-refractivity contribution in [3.05, 3.63) is 0 Å². The number of hydrogen-bond donors (Lipinski definition) is 0. The van der Waals surface area contributed by atoms with E-state index >= 15 is 0 Å². The molecule has 0 aromatic carbocycles. The van der Waals surface area contributed by atoms with Gasteiger partial charge in [-0.15, -0.1) is 0 Å². The Kier molecular flexibility index (Phi) is 1.56. The Morgan fingerprint density at radius 3 is 3.17 bits per heavy atom. The van der Waals surface area contributed by atoms with Gasteiger partial charge >= 0.3 is 8.25 Å². The lowest BCUT2D eigenvalue weighted by Crippen LogP contribution is -2.37. The zero-order valence-corrected chi connectivity index (χ0v) is 7.35. The van der Waals surface area contributed by atoms with Crippen LogP contribution in [0.4, 0.5) is 4.20 Å². The Hall–Kier alpha value is 0.240. The maximum absolute atomic E-state index is 13.1. The van der Waals surface area contributed by atoms with Gasteiger partial charge in [-0.05, 0) is 12.8 Å². The van der Waals surface area contributed by atoms with Gasteiger partial charge in [-0.1, -0.05) is 12.8 Å². The highest BCUT2D eigenvalue weighted by Crippen LogP contribution is 2.60. The average molecular weight is 197 g/mol. The monoisotopic (exact) mass is 197 g/mol. The lowest BCUT2D eigenvalue weighted by molar-refractivity contribution is -0.253. The van der Waals surface area contributed by atoms with E-state index in [-0.39, 0.29) is 6.42 Å². The molecule has 0 radical (unpaired) electrons. The Morgan fingerprint density at radius 1 is 1.58 bits per heavy atom. The van der Waals surface area contributed by atoms with Gasteiger partial charge in [0.25, 0.3) is 0 Å². The van der Waals surface area contributed by atoms with Gasteiger partial charge in [0.15, 0.2) is 0 Å². The van der Waals surface area contributed by atoms with Crippen molar-refractivity contribution in [1.82, 2.24) is 0 Å². The van der Waals surface area contributed by atoms with Crippen molar-refractivity contribution in [2.75, 3.05) is 6.56 Å². The summed E-state index contributed by atoms with van der Waals surface area (Å²) >= 11 is 0. The molecule has 0 N–H and O–H groups in total. The van der Waals surface area contributed by atoms with Crippen molar-refractivity contribution in [3.8, 4) is 0 Å². The summed E-state index contributed by atoms with van der Waals surface area (Å²) in [6.07, 6.45) is 0.222. The third-order valence-corrected chi connectivity index (χ3v) is 2.86. The molecular weight excluding hydrogens is 182 g/mol. The molecule has 2 aliphatic rings. The molecule has 1 saturated carbocycles. The van der Waals surface area contributed by atoms with Crippen molar-refractivity contribution < 1.29 is 22.3 Å². The SMILES string of the molecule is [2H]C1([2H])O[P+]([O-])(F)O[C@]2([2H])CCCC[C@@H]12. The van der Waals surface area contributed by atoms with Crippen LogP contribution in [-0.2, 0) is 9.05 Å². The quantitative estimate of drug-likeness (QED) is 0.554. The van der Waals surface area contributed by atoms with E-state index in [1.165, 1.54) is 0 Å². The van der Waals surface area contributed by atoms with Crippen LogP contribution in [0.5, 0.6) is 0 Å². The minimum Gasteiger partial charge on any atom is -0.601 e. The molecule has 1 heterocycles. The smallest absolute Gasteiger partial charge is 0.439 e. The van der Waals surface area contributed by atoms with Crippen molar-refractivity contribution in [2.45, 2.75) is 31.8 Å². The molecule has 5 heteroatoms. The first kappa shape index (κ1) is 5.86. The van der Waals surface area contributed by atoms with Crippen LogP contribution < -0.4 is 4.89 Å². The lowest BCUT2D eigenvalue weighted by Gasteiger charge is -2.36. The predicted molar refractivity (Wildman–Crippen MR) is 40.8 cm³/mol. The van der Waals surface area contributed by atoms with Gasteiger partial charge in [-0.2, -0.15) is 9.05 Å². The van der Waals surface area contributed by atoms with Gasteiger partial charge < -0.3 is 4.89 Å². The van der Waals surface area contributed by atoms with Gasteiger partial charge in [0.1, 0.15) is 12.6 Å². The molecule has 2 fully saturated rings. The van der Waals surface area contributed by atoms with Crippen LogP contribution >= 0.6 is 8.25 Å². The van der Waals surface area contributed by atoms with E-state index in [4.69, 9.17) is 4.11 Å². The fraction of sp³-hybridized carbons (Fsp3) is 1.00. The Balaban J connectivity index is 2.30. The van der Waals surface area contributed by atoms with Gasteiger partial charge in [0, 0.05) is 10.1 Å². The standard InChI is InChI=1S/C7H12FO3P/c8-12(9)10-5-6-3-1-2-4-7(6)11-12/h6-7H,1-5H2/t6-,7+,12?/m0/s1/i5D2,7D. The molecule has 3 atom stereocenters. The first-order chi connectivity index (χ1) is 6.75. The number of rotatable bonds is 0. The predicted octanol–water partition coefficient (Wildman–Crippen LogP) is 1.60. The summed E-state index contributed by atoms with van der Waals surface area (Å²) in [6.45, 7) is -2.38. The highest BCUT2D eigenvalue weighted by atomic mass is 31.3. The summed E-state index contributed by atoms with van der Waals surface area (Å²) in [5.74, 6) is -0.878. The minimum absolute atomic E-state index is 0.189. The molecule has 0 amide bonds. The second-order valence-electron chi connectivity index (χ2n) is 3.00. The third-order valence-electron chi connectivity index (χ3n) is 2.08. The van der Waals surface area contributed by atoms with E-state index in [0.717, 1.165) is 6.42 Å². The molecule has 3 nitrogen and oxygen atoms in total. The van der Waals surface area contributed by atoms with E-state index in [1.807, 2.05) is 0 Å². The first-order valence-corrected chi connectivity index (χ1v) is 5.40. The van der Waals surface area contributed by atoms with E-state index in [1.54, 1.807) is 0 Å². The normalized spacial score (nSPS) is 62.5. The Labute approximate surface area is 75.8 Å². The first-order valence-electron chi connectivity index (χ1n) is 5.46. The highest BCUT2D eigenvalue weighted by Gasteiger charge is 2.45. The second kappa shape index (κ2) is 3.18. The molecule has 12 heavy (non-hydrogen) atoms. The maximum atomic E-state index is 13.1. The fourth-order valence-electron chi connectivity index (χ4n) is 1.50. The van der Waals surface area contributed by atoms with Crippen LogP contribution in [0.15, 0.2) is 0 Å². The van der Waals surface area contributed by atoms with E-state index < -0.39 is 26.8 Å².